The summed E-state index contributed by atoms with van der Waals surface area (Å²) in [6.45, 7) is 11.4. The summed E-state index contributed by atoms with van der Waals surface area (Å²) in [6.07, 6.45) is 6.02. The summed E-state index contributed by atoms with van der Waals surface area (Å²) >= 11 is 0. The summed E-state index contributed by atoms with van der Waals surface area (Å²) in [4.78, 5) is 15.0. The van der Waals surface area contributed by atoms with Crippen molar-refractivity contribution >= 4 is 12.0 Å². The Bertz CT molecular complexity index is 575. The molecule has 0 radical (unpaired) electrons. The number of hydrogen-bond donors (Lipinski definition) is 2. The summed E-state index contributed by atoms with van der Waals surface area (Å²) in [5, 5.41) is 2.67. The molecule has 3 nitrogen and oxygen atoms in total. The minimum absolute atomic E-state index is 0.0583. The molecule has 22 heavy (non-hydrogen) atoms. The van der Waals surface area contributed by atoms with Crippen molar-refractivity contribution in [3.05, 3.63) is 28.6 Å². The normalized spacial score (nSPS) is 24.5. The van der Waals surface area contributed by atoms with E-state index in [0.29, 0.717) is 17.0 Å². The number of aromatic nitrogens is 1. The highest BCUT2D eigenvalue weighted by molar-refractivity contribution is 5.93. The van der Waals surface area contributed by atoms with Gasteiger partial charge in [-0.3, -0.25) is 4.79 Å². The third kappa shape index (κ3) is 3.63. The summed E-state index contributed by atoms with van der Waals surface area (Å²) < 4.78 is 0. The SMILES string of the molecule is CNC(=O)c1cc(C)c(/C=C2/C[C@@H](C(C)(C)C)CCC2C)[nH]1. The molecule has 0 aliphatic heterocycles. The Labute approximate surface area is 134 Å². The number of carbonyl (C=O) groups excluding carboxylic acids is 1. The van der Waals surface area contributed by atoms with E-state index in [2.05, 4.69) is 51.0 Å². The third-order valence-electron chi connectivity index (χ3n) is 5.14. The quantitative estimate of drug-likeness (QED) is 0.827. The number of aryl methyl sites for hydroxylation is 1. The van der Waals surface area contributed by atoms with Crippen LogP contribution in [0.25, 0.3) is 6.08 Å². The molecule has 1 fully saturated rings. The predicted octanol–water partition coefficient (Wildman–Crippen LogP) is 4.55. The first-order valence-electron chi connectivity index (χ1n) is 8.34. The average Bonchev–Trinajstić information content (AvgIpc) is 2.80. The topological polar surface area (TPSA) is 44.9 Å². The van der Waals surface area contributed by atoms with Crippen LogP contribution in [-0.4, -0.2) is 17.9 Å². The molecule has 0 saturated heterocycles. The average molecular weight is 302 g/mol. The number of hydrogen-bond acceptors (Lipinski definition) is 1. The van der Waals surface area contributed by atoms with Gasteiger partial charge in [0.25, 0.3) is 5.91 Å². The van der Waals surface area contributed by atoms with Crippen LogP contribution in [0.2, 0.25) is 0 Å². The molecule has 1 aromatic heterocycles. The van der Waals surface area contributed by atoms with Crippen LogP contribution in [0.3, 0.4) is 0 Å². The fourth-order valence-electron chi connectivity index (χ4n) is 3.33. The lowest BCUT2D eigenvalue weighted by Gasteiger charge is -2.37. The van der Waals surface area contributed by atoms with E-state index in [1.807, 2.05) is 6.07 Å². The van der Waals surface area contributed by atoms with Crippen LogP contribution >= 0.6 is 0 Å². The first kappa shape index (κ1) is 16.9. The van der Waals surface area contributed by atoms with Gasteiger partial charge in [-0.05, 0) is 61.1 Å². The molecule has 1 unspecified atom stereocenters. The summed E-state index contributed by atoms with van der Waals surface area (Å²) in [5.41, 5.74) is 4.73. The molecule has 1 aliphatic carbocycles. The summed E-state index contributed by atoms with van der Waals surface area (Å²) in [7, 11) is 1.66. The van der Waals surface area contributed by atoms with Gasteiger partial charge in [0.1, 0.15) is 5.69 Å². The molecular weight excluding hydrogens is 272 g/mol. The zero-order valence-corrected chi connectivity index (χ0v) is 14.8. The zero-order chi connectivity index (χ0) is 16.5. The van der Waals surface area contributed by atoms with Crippen molar-refractivity contribution in [3.8, 4) is 0 Å². The molecule has 0 spiro atoms. The maximum Gasteiger partial charge on any atom is 0.267 e. The molecule has 1 saturated carbocycles. The van der Waals surface area contributed by atoms with Gasteiger partial charge in [-0.2, -0.15) is 0 Å². The van der Waals surface area contributed by atoms with Crippen LogP contribution in [0.4, 0.5) is 0 Å². The van der Waals surface area contributed by atoms with Crippen LogP contribution in [0.1, 0.15) is 68.7 Å². The van der Waals surface area contributed by atoms with Crippen molar-refractivity contribution in [2.24, 2.45) is 17.3 Å². The van der Waals surface area contributed by atoms with E-state index in [0.717, 1.165) is 17.2 Å². The maximum atomic E-state index is 11.8. The van der Waals surface area contributed by atoms with Crippen molar-refractivity contribution in [2.45, 2.75) is 53.9 Å². The number of allylic oxidation sites excluding steroid dienone is 1. The number of rotatable bonds is 2. The Hall–Kier alpha value is -1.51. The summed E-state index contributed by atoms with van der Waals surface area (Å²) in [5.74, 6) is 1.31. The maximum absolute atomic E-state index is 11.8. The molecule has 1 aliphatic rings. The molecule has 1 amide bonds. The van der Waals surface area contributed by atoms with Gasteiger partial charge in [0.05, 0.1) is 0 Å². The van der Waals surface area contributed by atoms with E-state index < -0.39 is 0 Å². The Balaban J connectivity index is 2.27. The second kappa shape index (κ2) is 6.31. The van der Waals surface area contributed by atoms with E-state index in [1.54, 1.807) is 7.05 Å². The van der Waals surface area contributed by atoms with Gasteiger partial charge in [0.15, 0.2) is 0 Å². The minimum atomic E-state index is -0.0583. The monoisotopic (exact) mass is 302 g/mol. The molecular formula is C19H30N2O. The number of amides is 1. The van der Waals surface area contributed by atoms with Gasteiger partial charge in [0.2, 0.25) is 0 Å². The van der Waals surface area contributed by atoms with Crippen LogP contribution in [0, 0.1) is 24.2 Å². The second-order valence-corrected chi connectivity index (χ2v) is 7.82. The van der Waals surface area contributed by atoms with E-state index >= 15 is 0 Å². The molecule has 1 aromatic rings. The molecule has 2 atom stereocenters. The predicted molar refractivity (Wildman–Crippen MR) is 92.9 cm³/mol. The second-order valence-electron chi connectivity index (χ2n) is 7.82. The Morgan fingerprint density at radius 3 is 2.64 bits per heavy atom. The molecule has 122 valence electrons. The molecule has 2 N–H and O–H groups in total. The first-order valence-corrected chi connectivity index (χ1v) is 8.34. The van der Waals surface area contributed by atoms with E-state index in [4.69, 9.17) is 0 Å². The van der Waals surface area contributed by atoms with E-state index in [9.17, 15) is 4.79 Å². The largest absolute Gasteiger partial charge is 0.354 e. The Kier molecular flexibility index (Phi) is 4.84. The highest BCUT2D eigenvalue weighted by Crippen LogP contribution is 2.42. The molecule has 3 heteroatoms. The third-order valence-corrected chi connectivity index (χ3v) is 5.14. The van der Waals surface area contributed by atoms with Gasteiger partial charge in [-0.25, -0.2) is 0 Å². The Morgan fingerprint density at radius 2 is 2.05 bits per heavy atom. The molecule has 2 rings (SSSR count). The first-order chi connectivity index (χ1) is 10.2. The highest BCUT2D eigenvalue weighted by Gasteiger charge is 2.30. The fourth-order valence-corrected chi connectivity index (χ4v) is 3.33. The van der Waals surface area contributed by atoms with Crippen molar-refractivity contribution < 1.29 is 4.79 Å². The van der Waals surface area contributed by atoms with Crippen molar-refractivity contribution in [1.82, 2.24) is 10.3 Å². The lowest BCUT2D eigenvalue weighted by Crippen LogP contribution is -2.26. The number of nitrogens with one attached hydrogen (secondary N) is 2. The van der Waals surface area contributed by atoms with Crippen molar-refractivity contribution in [2.75, 3.05) is 7.05 Å². The van der Waals surface area contributed by atoms with Crippen LogP contribution in [0.15, 0.2) is 11.6 Å². The minimum Gasteiger partial charge on any atom is -0.354 e. The standard InChI is InChI=1S/C19H30N2O/c1-12-7-8-15(19(3,4)5)10-14(12)11-16-13(2)9-17(21-16)18(22)20-6/h9,11-12,15,21H,7-8,10H2,1-6H3,(H,20,22)/b14-11-/t12?,15-/m0/s1. The van der Waals surface area contributed by atoms with Gasteiger partial charge in [0, 0.05) is 12.7 Å². The highest BCUT2D eigenvalue weighted by atomic mass is 16.1. The number of aromatic amines is 1. The van der Waals surface area contributed by atoms with Crippen molar-refractivity contribution in [1.29, 1.82) is 0 Å². The van der Waals surface area contributed by atoms with Gasteiger partial charge < -0.3 is 10.3 Å². The lowest BCUT2D eigenvalue weighted by molar-refractivity contribution is 0.0958. The lowest BCUT2D eigenvalue weighted by atomic mass is 9.68. The molecule has 0 bridgehead atoms. The molecule has 0 aromatic carbocycles. The number of carbonyl (C=O) groups is 1. The fraction of sp³-hybridized carbons (Fsp3) is 0.632. The van der Waals surface area contributed by atoms with Crippen LogP contribution in [0.5, 0.6) is 0 Å². The summed E-state index contributed by atoms with van der Waals surface area (Å²) in [6, 6.07) is 1.93. The smallest absolute Gasteiger partial charge is 0.267 e. The Morgan fingerprint density at radius 1 is 1.36 bits per heavy atom. The van der Waals surface area contributed by atoms with Crippen LogP contribution in [-0.2, 0) is 0 Å². The number of H-pyrrole nitrogens is 1. The molecule has 1 heterocycles. The van der Waals surface area contributed by atoms with Gasteiger partial charge in [-0.15, -0.1) is 0 Å². The van der Waals surface area contributed by atoms with Gasteiger partial charge >= 0.3 is 0 Å². The zero-order valence-electron chi connectivity index (χ0n) is 14.8. The van der Waals surface area contributed by atoms with E-state index in [1.165, 1.54) is 24.8 Å². The van der Waals surface area contributed by atoms with Gasteiger partial charge in [-0.1, -0.05) is 33.3 Å². The van der Waals surface area contributed by atoms with E-state index in [-0.39, 0.29) is 5.91 Å². The van der Waals surface area contributed by atoms with Crippen LogP contribution < -0.4 is 5.32 Å². The van der Waals surface area contributed by atoms with Crippen molar-refractivity contribution in [3.63, 3.8) is 0 Å².